The lowest BCUT2D eigenvalue weighted by Gasteiger charge is -2.25. The van der Waals surface area contributed by atoms with Crippen molar-refractivity contribution in [2.75, 3.05) is 0 Å². The van der Waals surface area contributed by atoms with Gasteiger partial charge in [-0.1, -0.05) is 146 Å². The SMILES string of the molecule is C1=Cc2c(c(-c3ccc(-c4ccc5oc6ccccc6c5c4)cc3)c3ccccc3c2-c2ccccc2-c2ccc3ccccc3c2)CC1. The van der Waals surface area contributed by atoms with Gasteiger partial charge in [0.1, 0.15) is 11.2 Å². The van der Waals surface area contributed by atoms with E-state index in [9.17, 15) is 0 Å². The van der Waals surface area contributed by atoms with Crippen LogP contribution in [0, 0.1) is 0 Å². The van der Waals surface area contributed by atoms with Gasteiger partial charge in [-0.3, -0.25) is 0 Å². The molecule has 9 aromatic rings. The molecule has 1 nitrogen and oxygen atoms in total. The number of hydrogen-bond donors (Lipinski definition) is 0. The molecule has 0 fully saturated rings. The van der Waals surface area contributed by atoms with Gasteiger partial charge in [-0.05, 0) is 114 Å². The predicted molar refractivity (Wildman–Crippen MR) is 208 cm³/mol. The summed E-state index contributed by atoms with van der Waals surface area (Å²) in [6, 6.07) is 57.4. The molecule has 0 saturated heterocycles. The van der Waals surface area contributed by atoms with E-state index < -0.39 is 0 Å². The number of rotatable bonds is 4. The quantitative estimate of drug-likeness (QED) is 0.190. The summed E-state index contributed by atoms with van der Waals surface area (Å²) in [4.78, 5) is 0. The highest BCUT2D eigenvalue weighted by Crippen LogP contribution is 2.47. The van der Waals surface area contributed by atoms with Gasteiger partial charge in [-0.2, -0.15) is 0 Å². The van der Waals surface area contributed by atoms with Crippen LogP contribution >= 0.6 is 0 Å². The van der Waals surface area contributed by atoms with Crippen molar-refractivity contribution in [2.24, 2.45) is 0 Å². The second-order valence-electron chi connectivity index (χ2n) is 13.1. The van der Waals surface area contributed by atoms with Crippen LogP contribution in [-0.4, -0.2) is 0 Å². The lowest BCUT2D eigenvalue weighted by atomic mass is 9.79. The van der Waals surface area contributed by atoms with Crippen LogP contribution in [0.2, 0.25) is 0 Å². The van der Waals surface area contributed by atoms with Gasteiger partial charge >= 0.3 is 0 Å². The summed E-state index contributed by atoms with van der Waals surface area (Å²) in [5.41, 5.74) is 14.8. The monoisotopic (exact) mass is 624 g/mol. The van der Waals surface area contributed by atoms with E-state index in [0.29, 0.717) is 0 Å². The molecule has 8 aromatic carbocycles. The standard InChI is InChI=1S/C48H32O/c1-2-12-34-29-36(26-23-31(34)11-1)37-13-3-4-15-39(37)48-42-18-7-5-16-40(42)47(41-17-6-8-19-43(41)48)33-24-21-32(22-25-33)35-27-28-46-44(30-35)38-14-9-10-20-45(38)49-46/h1-5,7-16,18-30H,6,17H2. The van der Waals surface area contributed by atoms with E-state index in [2.05, 4.69) is 158 Å². The predicted octanol–water partition coefficient (Wildman–Crippen LogP) is 13.5. The number of benzene rings is 8. The summed E-state index contributed by atoms with van der Waals surface area (Å²) in [6.45, 7) is 0. The van der Waals surface area contributed by atoms with Crippen LogP contribution in [0.1, 0.15) is 17.5 Å². The molecule has 0 radical (unpaired) electrons. The maximum Gasteiger partial charge on any atom is 0.135 e. The number of allylic oxidation sites excluding steroid dienone is 1. The van der Waals surface area contributed by atoms with Crippen LogP contribution in [-0.2, 0) is 6.42 Å². The Morgan fingerprint density at radius 1 is 0.408 bits per heavy atom. The lowest BCUT2D eigenvalue weighted by Crippen LogP contribution is -2.03. The minimum absolute atomic E-state index is 0.926. The van der Waals surface area contributed by atoms with Gasteiger partial charge in [0.15, 0.2) is 0 Å². The third kappa shape index (κ3) is 4.54. The average molecular weight is 625 g/mol. The zero-order chi connectivity index (χ0) is 32.3. The molecule has 0 N–H and O–H groups in total. The summed E-state index contributed by atoms with van der Waals surface area (Å²) >= 11 is 0. The molecule has 49 heavy (non-hydrogen) atoms. The van der Waals surface area contributed by atoms with E-state index in [1.54, 1.807) is 0 Å². The molecule has 1 heteroatoms. The summed E-state index contributed by atoms with van der Waals surface area (Å²) in [7, 11) is 0. The first kappa shape index (κ1) is 27.9. The summed E-state index contributed by atoms with van der Waals surface area (Å²) < 4.78 is 6.10. The van der Waals surface area contributed by atoms with Crippen molar-refractivity contribution in [2.45, 2.75) is 12.8 Å². The molecule has 1 heterocycles. The Hall–Kier alpha value is -6.18. The third-order valence-electron chi connectivity index (χ3n) is 10.3. The second kappa shape index (κ2) is 11.2. The van der Waals surface area contributed by atoms with Crippen molar-refractivity contribution in [3.8, 4) is 44.5 Å². The largest absolute Gasteiger partial charge is 0.456 e. The molecular formula is C48H32O. The maximum atomic E-state index is 6.10. The molecule has 0 atom stereocenters. The molecule has 230 valence electrons. The highest BCUT2D eigenvalue weighted by Gasteiger charge is 2.23. The zero-order valence-electron chi connectivity index (χ0n) is 27.0. The Kier molecular flexibility index (Phi) is 6.38. The zero-order valence-corrected chi connectivity index (χ0v) is 27.0. The first-order valence-corrected chi connectivity index (χ1v) is 17.1. The van der Waals surface area contributed by atoms with Gasteiger partial charge in [-0.25, -0.2) is 0 Å². The van der Waals surface area contributed by atoms with Gasteiger partial charge in [-0.15, -0.1) is 0 Å². The third-order valence-corrected chi connectivity index (χ3v) is 10.3. The van der Waals surface area contributed by atoms with Crippen molar-refractivity contribution >= 4 is 49.6 Å². The van der Waals surface area contributed by atoms with Gasteiger partial charge in [0.05, 0.1) is 0 Å². The molecule has 0 spiro atoms. The first-order chi connectivity index (χ1) is 24.3. The van der Waals surface area contributed by atoms with E-state index in [0.717, 1.165) is 34.8 Å². The van der Waals surface area contributed by atoms with Gasteiger partial charge < -0.3 is 4.42 Å². The van der Waals surface area contributed by atoms with E-state index in [4.69, 9.17) is 4.42 Å². The smallest absolute Gasteiger partial charge is 0.135 e. The Morgan fingerprint density at radius 2 is 1.04 bits per heavy atom. The number of para-hydroxylation sites is 1. The molecule has 0 unspecified atom stereocenters. The molecule has 0 aliphatic heterocycles. The second-order valence-corrected chi connectivity index (χ2v) is 13.1. The summed E-state index contributed by atoms with van der Waals surface area (Å²) in [6.07, 6.45) is 6.78. The van der Waals surface area contributed by atoms with Crippen LogP contribution in [0.25, 0.3) is 94.1 Å². The van der Waals surface area contributed by atoms with Crippen molar-refractivity contribution in [1.82, 2.24) is 0 Å². The summed E-state index contributed by atoms with van der Waals surface area (Å²) in [5.74, 6) is 0. The number of furan rings is 1. The van der Waals surface area contributed by atoms with Crippen molar-refractivity contribution in [1.29, 1.82) is 0 Å². The molecule has 1 aliphatic rings. The van der Waals surface area contributed by atoms with Crippen molar-refractivity contribution in [3.63, 3.8) is 0 Å². The Morgan fingerprint density at radius 3 is 1.90 bits per heavy atom. The van der Waals surface area contributed by atoms with Crippen LogP contribution in [0.4, 0.5) is 0 Å². The van der Waals surface area contributed by atoms with E-state index >= 15 is 0 Å². The van der Waals surface area contributed by atoms with Gasteiger partial charge in [0.2, 0.25) is 0 Å². The van der Waals surface area contributed by atoms with E-state index in [1.807, 2.05) is 12.1 Å². The molecule has 1 aliphatic carbocycles. The molecule has 10 rings (SSSR count). The van der Waals surface area contributed by atoms with Gasteiger partial charge in [0.25, 0.3) is 0 Å². The Balaban J connectivity index is 1.14. The highest BCUT2D eigenvalue weighted by molar-refractivity contribution is 6.12. The fourth-order valence-electron chi connectivity index (χ4n) is 8.05. The topological polar surface area (TPSA) is 13.1 Å². The average Bonchev–Trinajstić information content (AvgIpc) is 3.55. The molecule has 0 saturated carbocycles. The Labute approximate surface area is 285 Å². The van der Waals surface area contributed by atoms with Crippen LogP contribution in [0.15, 0.2) is 168 Å². The molecule has 1 aromatic heterocycles. The molecule has 0 bridgehead atoms. The molecular weight excluding hydrogens is 593 g/mol. The minimum Gasteiger partial charge on any atom is -0.456 e. The highest BCUT2D eigenvalue weighted by atomic mass is 16.3. The van der Waals surface area contributed by atoms with E-state index in [-0.39, 0.29) is 0 Å². The van der Waals surface area contributed by atoms with Crippen LogP contribution < -0.4 is 0 Å². The maximum absolute atomic E-state index is 6.10. The lowest BCUT2D eigenvalue weighted by molar-refractivity contribution is 0.669. The van der Waals surface area contributed by atoms with E-state index in [1.165, 1.54) is 77.2 Å². The number of fused-ring (bicyclic) bond motifs is 6. The normalized spacial score (nSPS) is 12.7. The number of hydrogen-bond acceptors (Lipinski definition) is 1. The first-order valence-electron chi connectivity index (χ1n) is 17.1. The van der Waals surface area contributed by atoms with Crippen molar-refractivity contribution < 1.29 is 4.42 Å². The van der Waals surface area contributed by atoms with Crippen molar-refractivity contribution in [3.05, 3.63) is 175 Å². The van der Waals surface area contributed by atoms with Crippen LogP contribution in [0.3, 0.4) is 0 Å². The summed E-state index contributed by atoms with van der Waals surface area (Å²) in [5, 5.41) is 7.43. The fourth-order valence-corrected chi connectivity index (χ4v) is 8.05. The minimum atomic E-state index is 0.926. The molecule has 0 amide bonds. The Bertz CT molecular complexity index is 2760. The van der Waals surface area contributed by atoms with Gasteiger partial charge in [0, 0.05) is 10.8 Å². The fraction of sp³-hybridized carbons (Fsp3) is 0.0417. The van der Waals surface area contributed by atoms with Crippen LogP contribution in [0.5, 0.6) is 0 Å².